The number of aromatic nitrogens is 4. The zero-order valence-corrected chi connectivity index (χ0v) is 17.4. The van der Waals surface area contributed by atoms with E-state index < -0.39 is 0 Å². The van der Waals surface area contributed by atoms with Crippen molar-refractivity contribution in [3.05, 3.63) is 71.4 Å². The topological polar surface area (TPSA) is 83.3 Å². The van der Waals surface area contributed by atoms with Crippen LogP contribution in [-0.2, 0) is 26.7 Å². The summed E-state index contributed by atoms with van der Waals surface area (Å²) in [6.07, 6.45) is 0. The van der Waals surface area contributed by atoms with Gasteiger partial charge in [-0.3, -0.25) is 0 Å². The molecule has 2 N–H and O–H groups in total. The molecule has 3 rings (SSSR count). The van der Waals surface area contributed by atoms with Gasteiger partial charge < -0.3 is 20.1 Å². The highest BCUT2D eigenvalue weighted by molar-refractivity contribution is 5.79. The predicted molar refractivity (Wildman–Crippen MR) is 116 cm³/mol. The molecular weight excluding hydrogens is 364 g/mol. The first-order chi connectivity index (χ1) is 14.0. The molecule has 0 spiro atoms. The highest BCUT2D eigenvalue weighted by Gasteiger charge is 2.07. The minimum Gasteiger partial charge on any atom is -0.363 e. The zero-order valence-electron chi connectivity index (χ0n) is 17.4. The molecule has 1 aromatic carbocycles. The van der Waals surface area contributed by atoms with Crippen LogP contribution in [-0.4, -0.2) is 39.8 Å². The Hall–Kier alpha value is -3.42. The van der Waals surface area contributed by atoms with Crippen molar-refractivity contribution in [1.82, 2.24) is 30.4 Å². The number of hydrogen-bond donors (Lipinski definition) is 2. The van der Waals surface area contributed by atoms with Gasteiger partial charge in [-0.05, 0) is 24.6 Å². The van der Waals surface area contributed by atoms with Crippen molar-refractivity contribution in [2.45, 2.75) is 26.6 Å². The maximum atomic E-state index is 4.72. The van der Waals surface area contributed by atoms with Gasteiger partial charge >= 0.3 is 0 Å². The smallest absolute Gasteiger partial charge is 0.192 e. The number of pyridine rings is 1. The number of guanidine groups is 1. The van der Waals surface area contributed by atoms with Crippen molar-refractivity contribution >= 4 is 11.8 Å². The fourth-order valence-corrected chi connectivity index (χ4v) is 2.68. The molecule has 0 fully saturated rings. The summed E-state index contributed by atoms with van der Waals surface area (Å²) >= 11 is 0. The van der Waals surface area contributed by atoms with Crippen molar-refractivity contribution in [1.29, 1.82) is 0 Å². The van der Waals surface area contributed by atoms with Crippen LogP contribution in [0.25, 0.3) is 0 Å². The van der Waals surface area contributed by atoms with Gasteiger partial charge in [0.05, 0.1) is 25.3 Å². The summed E-state index contributed by atoms with van der Waals surface area (Å²) in [6.45, 7) is 3.62. The monoisotopic (exact) mass is 392 g/mol. The fraction of sp³-hybridized carbons (Fsp3) is 0.333. The van der Waals surface area contributed by atoms with Crippen LogP contribution >= 0.6 is 0 Å². The van der Waals surface area contributed by atoms with Crippen molar-refractivity contribution in [3.63, 3.8) is 0 Å². The molecule has 0 aliphatic heterocycles. The second-order valence-corrected chi connectivity index (χ2v) is 6.96. The van der Waals surface area contributed by atoms with E-state index in [-0.39, 0.29) is 0 Å². The molecule has 0 radical (unpaired) electrons. The normalized spacial score (nSPS) is 11.4. The Morgan fingerprint density at radius 3 is 2.45 bits per heavy atom. The third kappa shape index (κ3) is 5.78. The third-order valence-electron chi connectivity index (χ3n) is 4.55. The lowest BCUT2D eigenvalue weighted by Gasteiger charge is -2.15. The minimum atomic E-state index is 0.531. The van der Waals surface area contributed by atoms with E-state index in [0.717, 1.165) is 28.7 Å². The van der Waals surface area contributed by atoms with Crippen LogP contribution in [0.2, 0.25) is 0 Å². The largest absolute Gasteiger partial charge is 0.363 e. The number of nitrogens with one attached hydrogen (secondary N) is 2. The molecule has 8 nitrogen and oxygen atoms in total. The van der Waals surface area contributed by atoms with Crippen LogP contribution in [0.15, 0.2) is 53.5 Å². The number of aryl methyl sites for hydroxylation is 1. The van der Waals surface area contributed by atoms with Gasteiger partial charge in [-0.15, -0.1) is 10.2 Å². The van der Waals surface area contributed by atoms with Crippen molar-refractivity contribution in [3.8, 4) is 0 Å². The number of aliphatic imine (C=N–C) groups is 1. The van der Waals surface area contributed by atoms with E-state index in [9.17, 15) is 0 Å². The Kier molecular flexibility index (Phi) is 6.78. The second-order valence-electron chi connectivity index (χ2n) is 6.96. The molecule has 3 aromatic rings. The van der Waals surface area contributed by atoms with Gasteiger partial charge in [0.25, 0.3) is 0 Å². The SMILES string of the molecule is Cc1nnc(CNC(=NCc2ccccc2)NCc2cccc(N(C)C)n2)n1C. The van der Waals surface area contributed by atoms with Crippen LogP contribution in [0.3, 0.4) is 0 Å². The van der Waals surface area contributed by atoms with Gasteiger partial charge in [0.15, 0.2) is 11.8 Å². The molecule has 0 atom stereocenters. The maximum Gasteiger partial charge on any atom is 0.192 e. The lowest BCUT2D eigenvalue weighted by atomic mass is 10.2. The molecule has 0 amide bonds. The fourth-order valence-electron chi connectivity index (χ4n) is 2.68. The average molecular weight is 393 g/mol. The van der Waals surface area contributed by atoms with Crippen LogP contribution in [0, 0.1) is 6.92 Å². The molecule has 2 heterocycles. The average Bonchev–Trinajstić information content (AvgIpc) is 3.06. The molecule has 0 bridgehead atoms. The Morgan fingerprint density at radius 2 is 1.76 bits per heavy atom. The van der Waals surface area contributed by atoms with E-state index in [0.29, 0.717) is 25.6 Å². The lowest BCUT2D eigenvalue weighted by Crippen LogP contribution is -2.37. The highest BCUT2D eigenvalue weighted by atomic mass is 15.3. The lowest BCUT2D eigenvalue weighted by molar-refractivity contribution is 0.711. The molecule has 2 aromatic heterocycles. The zero-order chi connectivity index (χ0) is 20.6. The van der Waals surface area contributed by atoms with Gasteiger partial charge in [0.2, 0.25) is 0 Å². The summed E-state index contributed by atoms with van der Waals surface area (Å²) in [5, 5.41) is 15.0. The standard InChI is InChI=1S/C21H28N8/c1-16-26-27-20(29(16)4)15-24-21(22-13-17-9-6-5-7-10-17)23-14-18-11-8-12-19(25-18)28(2)3/h5-12H,13-15H2,1-4H3,(H2,22,23,24). The first-order valence-electron chi connectivity index (χ1n) is 9.57. The van der Waals surface area contributed by atoms with Gasteiger partial charge in [0, 0.05) is 21.1 Å². The number of anilines is 1. The molecule has 0 aliphatic rings. The molecule has 0 saturated heterocycles. The van der Waals surface area contributed by atoms with E-state index in [1.165, 1.54) is 0 Å². The van der Waals surface area contributed by atoms with E-state index >= 15 is 0 Å². The van der Waals surface area contributed by atoms with Crippen LogP contribution < -0.4 is 15.5 Å². The molecule has 29 heavy (non-hydrogen) atoms. The number of benzene rings is 1. The summed E-state index contributed by atoms with van der Waals surface area (Å²) in [4.78, 5) is 11.4. The number of rotatable bonds is 7. The second kappa shape index (κ2) is 9.68. The van der Waals surface area contributed by atoms with E-state index in [2.05, 4.69) is 37.9 Å². The number of nitrogens with zero attached hydrogens (tertiary/aromatic N) is 6. The molecule has 152 valence electrons. The first-order valence-corrected chi connectivity index (χ1v) is 9.57. The summed E-state index contributed by atoms with van der Waals surface area (Å²) in [5.41, 5.74) is 2.09. The maximum absolute atomic E-state index is 4.72. The van der Waals surface area contributed by atoms with E-state index in [4.69, 9.17) is 4.99 Å². The molecule has 0 saturated carbocycles. The van der Waals surface area contributed by atoms with Crippen LogP contribution in [0.5, 0.6) is 0 Å². The van der Waals surface area contributed by atoms with Gasteiger partial charge in [-0.2, -0.15) is 0 Å². The van der Waals surface area contributed by atoms with Crippen molar-refractivity contribution in [2.24, 2.45) is 12.0 Å². The molecule has 0 unspecified atom stereocenters. The molecule has 0 aliphatic carbocycles. The summed E-state index contributed by atoms with van der Waals surface area (Å²) in [7, 11) is 5.92. The Bertz CT molecular complexity index is 946. The van der Waals surface area contributed by atoms with Crippen molar-refractivity contribution in [2.75, 3.05) is 19.0 Å². The summed E-state index contributed by atoms with van der Waals surface area (Å²) in [5.74, 6) is 3.35. The Morgan fingerprint density at radius 1 is 1.00 bits per heavy atom. The van der Waals surface area contributed by atoms with Gasteiger partial charge in [0.1, 0.15) is 11.6 Å². The molecule has 8 heteroatoms. The predicted octanol–water partition coefficient (Wildman–Crippen LogP) is 2.02. The number of hydrogen-bond acceptors (Lipinski definition) is 5. The first kappa shape index (κ1) is 20.3. The van der Waals surface area contributed by atoms with E-state index in [1.54, 1.807) is 0 Å². The van der Waals surface area contributed by atoms with E-state index in [1.807, 2.05) is 73.9 Å². The minimum absolute atomic E-state index is 0.531. The van der Waals surface area contributed by atoms with Crippen LogP contribution in [0.4, 0.5) is 5.82 Å². The Balaban J connectivity index is 1.69. The molecular formula is C21H28N8. The van der Waals surface area contributed by atoms with Gasteiger partial charge in [-0.25, -0.2) is 9.98 Å². The summed E-state index contributed by atoms with van der Waals surface area (Å²) < 4.78 is 1.96. The Labute approximate surface area is 171 Å². The van der Waals surface area contributed by atoms with Gasteiger partial charge in [-0.1, -0.05) is 36.4 Å². The summed E-state index contributed by atoms with van der Waals surface area (Å²) in [6, 6.07) is 16.2. The quantitative estimate of drug-likeness (QED) is 0.473. The van der Waals surface area contributed by atoms with Crippen LogP contribution in [0.1, 0.15) is 22.9 Å². The third-order valence-corrected chi connectivity index (χ3v) is 4.55. The van der Waals surface area contributed by atoms with Crippen molar-refractivity contribution < 1.29 is 0 Å². The highest BCUT2D eigenvalue weighted by Crippen LogP contribution is 2.07.